The molecule has 0 aromatic heterocycles. The largest absolute Gasteiger partial charge is 0.329 e. The number of hydrogen-bond donors (Lipinski definition) is 1. The second kappa shape index (κ2) is 5.73. The van der Waals surface area contributed by atoms with Crippen molar-refractivity contribution in [1.29, 1.82) is 0 Å². The Hall–Kier alpha value is -0.0800. The fourth-order valence-corrected chi connectivity index (χ4v) is 4.16. The van der Waals surface area contributed by atoms with Gasteiger partial charge in [-0.2, -0.15) is 0 Å². The van der Waals surface area contributed by atoms with E-state index in [1.165, 1.54) is 51.4 Å². The summed E-state index contributed by atoms with van der Waals surface area (Å²) in [6.07, 6.45) is 10.8. The standard InChI is InChI=1S/C17H34N2/c1-14-5-11-17(13-18,12-6-14)19(4)15-7-9-16(2,3)10-8-15/h14-15H,5-13,18H2,1-4H3. The number of nitrogens with zero attached hydrogens (tertiary/aromatic N) is 1. The average molecular weight is 266 g/mol. The number of hydrogen-bond acceptors (Lipinski definition) is 2. The van der Waals surface area contributed by atoms with Crippen LogP contribution in [-0.2, 0) is 0 Å². The lowest BCUT2D eigenvalue weighted by atomic mass is 9.72. The average Bonchev–Trinajstić information content (AvgIpc) is 2.39. The van der Waals surface area contributed by atoms with Crippen LogP contribution in [0.3, 0.4) is 0 Å². The van der Waals surface area contributed by atoms with E-state index >= 15 is 0 Å². The van der Waals surface area contributed by atoms with Gasteiger partial charge in [-0.1, -0.05) is 20.8 Å². The van der Waals surface area contributed by atoms with Crippen LogP contribution in [0.1, 0.15) is 72.1 Å². The van der Waals surface area contributed by atoms with E-state index in [4.69, 9.17) is 5.73 Å². The van der Waals surface area contributed by atoms with Crippen molar-refractivity contribution >= 4 is 0 Å². The lowest BCUT2D eigenvalue weighted by Crippen LogP contribution is -2.58. The molecule has 2 N–H and O–H groups in total. The minimum absolute atomic E-state index is 0.304. The van der Waals surface area contributed by atoms with E-state index in [9.17, 15) is 0 Å². The van der Waals surface area contributed by atoms with Crippen molar-refractivity contribution in [2.24, 2.45) is 17.1 Å². The van der Waals surface area contributed by atoms with Gasteiger partial charge in [0.1, 0.15) is 0 Å². The number of likely N-dealkylation sites (N-methyl/N-ethyl adjacent to an activating group) is 1. The van der Waals surface area contributed by atoms with Crippen molar-refractivity contribution in [3.63, 3.8) is 0 Å². The second-order valence-corrected chi connectivity index (χ2v) is 8.12. The SMILES string of the molecule is CC1CCC(CN)(N(C)C2CCC(C)(C)CC2)CC1. The van der Waals surface area contributed by atoms with Crippen LogP contribution in [-0.4, -0.2) is 30.1 Å². The molecule has 2 rings (SSSR count). The van der Waals surface area contributed by atoms with Crippen molar-refractivity contribution in [1.82, 2.24) is 4.90 Å². The Kier molecular flexibility index (Phi) is 4.62. The molecule has 2 aliphatic carbocycles. The predicted molar refractivity (Wildman–Crippen MR) is 83.2 cm³/mol. The Morgan fingerprint density at radius 3 is 2.00 bits per heavy atom. The minimum Gasteiger partial charge on any atom is -0.329 e. The molecule has 2 heteroatoms. The minimum atomic E-state index is 0.304. The summed E-state index contributed by atoms with van der Waals surface area (Å²) in [5.41, 5.74) is 7.07. The molecular formula is C17H34N2. The maximum absolute atomic E-state index is 6.20. The van der Waals surface area contributed by atoms with E-state index < -0.39 is 0 Å². The molecule has 0 heterocycles. The molecule has 0 amide bonds. The molecule has 0 radical (unpaired) electrons. The molecule has 0 spiro atoms. The molecule has 2 nitrogen and oxygen atoms in total. The highest BCUT2D eigenvalue weighted by Crippen LogP contribution is 2.41. The Bertz CT molecular complexity index is 280. The Morgan fingerprint density at radius 2 is 1.53 bits per heavy atom. The van der Waals surface area contributed by atoms with Crippen LogP contribution >= 0.6 is 0 Å². The van der Waals surface area contributed by atoms with Crippen LogP contribution in [0.4, 0.5) is 0 Å². The summed E-state index contributed by atoms with van der Waals surface area (Å²) in [7, 11) is 2.35. The molecule has 2 saturated carbocycles. The summed E-state index contributed by atoms with van der Waals surface area (Å²) in [6.45, 7) is 8.08. The first kappa shape index (κ1) is 15.3. The smallest absolute Gasteiger partial charge is 0.0331 e. The van der Waals surface area contributed by atoms with Gasteiger partial charge in [-0.05, 0) is 69.7 Å². The highest BCUT2D eigenvalue weighted by atomic mass is 15.2. The first-order chi connectivity index (χ1) is 8.88. The summed E-state index contributed by atoms with van der Waals surface area (Å²) in [5, 5.41) is 0. The molecule has 0 bridgehead atoms. The molecule has 0 unspecified atom stereocenters. The Balaban J connectivity index is 1.99. The molecule has 2 fully saturated rings. The first-order valence-electron chi connectivity index (χ1n) is 8.32. The molecule has 0 saturated heterocycles. The van der Waals surface area contributed by atoms with Gasteiger partial charge < -0.3 is 5.73 Å². The molecule has 0 aromatic carbocycles. The van der Waals surface area contributed by atoms with Crippen LogP contribution in [0.25, 0.3) is 0 Å². The van der Waals surface area contributed by atoms with Gasteiger partial charge in [0, 0.05) is 18.1 Å². The van der Waals surface area contributed by atoms with Gasteiger partial charge in [0.05, 0.1) is 0 Å². The second-order valence-electron chi connectivity index (χ2n) is 8.12. The lowest BCUT2D eigenvalue weighted by Gasteiger charge is -2.51. The fourth-order valence-electron chi connectivity index (χ4n) is 4.16. The van der Waals surface area contributed by atoms with E-state index in [-0.39, 0.29) is 0 Å². The van der Waals surface area contributed by atoms with Crippen LogP contribution in [0, 0.1) is 11.3 Å². The summed E-state index contributed by atoms with van der Waals surface area (Å²) in [5.74, 6) is 0.901. The van der Waals surface area contributed by atoms with E-state index in [0.29, 0.717) is 11.0 Å². The van der Waals surface area contributed by atoms with Crippen molar-refractivity contribution in [3.8, 4) is 0 Å². The van der Waals surface area contributed by atoms with Gasteiger partial charge in [0.25, 0.3) is 0 Å². The molecule has 0 atom stereocenters. The Morgan fingerprint density at radius 1 is 1.00 bits per heavy atom. The molecule has 112 valence electrons. The van der Waals surface area contributed by atoms with Gasteiger partial charge >= 0.3 is 0 Å². The zero-order valence-corrected chi connectivity index (χ0v) is 13.5. The van der Waals surface area contributed by atoms with E-state index in [1.807, 2.05) is 0 Å². The van der Waals surface area contributed by atoms with Gasteiger partial charge in [0.15, 0.2) is 0 Å². The van der Waals surface area contributed by atoms with Gasteiger partial charge in [0.2, 0.25) is 0 Å². The summed E-state index contributed by atoms with van der Waals surface area (Å²) < 4.78 is 0. The van der Waals surface area contributed by atoms with Crippen molar-refractivity contribution in [3.05, 3.63) is 0 Å². The van der Waals surface area contributed by atoms with Crippen LogP contribution in [0.15, 0.2) is 0 Å². The van der Waals surface area contributed by atoms with Crippen molar-refractivity contribution < 1.29 is 0 Å². The van der Waals surface area contributed by atoms with E-state index in [1.54, 1.807) is 0 Å². The third-order valence-electron chi connectivity index (χ3n) is 6.19. The zero-order chi connectivity index (χ0) is 14.1. The highest BCUT2D eigenvalue weighted by molar-refractivity contribution is 4.98. The molecule has 0 aromatic rings. The molecular weight excluding hydrogens is 232 g/mol. The van der Waals surface area contributed by atoms with Crippen LogP contribution in [0.2, 0.25) is 0 Å². The van der Waals surface area contributed by atoms with Gasteiger partial charge in [-0.15, -0.1) is 0 Å². The Labute approximate surface area is 120 Å². The van der Waals surface area contributed by atoms with Gasteiger partial charge in [-0.25, -0.2) is 0 Å². The van der Waals surface area contributed by atoms with Crippen molar-refractivity contribution in [2.45, 2.75) is 83.7 Å². The molecule has 0 aliphatic heterocycles. The summed E-state index contributed by atoms with van der Waals surface area (Å²) >= 11 is 0. The highest BCUT2D eigenvalue weighted by Gasteiger charge is 2.41. The first-order valence-corrected chi connectivity index (χ1v) is 8.32. The maximum Gasteiger partial charge on any atom is 0.0331 e. The quantitative estimate of drug-likeness (QED) is 0.842. The number of nitrogens with two attached hydrogens (primary N) is 1. The van der Waals surface area contributed by atoms with Gasteiger partial charge in [-0.3, -0.25) is 4.90 Å². The topological polar surface area (TPSA) is 29.3 Å². The lowest BCUT2D eigenvalue weighted by molar-refractivity contribution is 0.00543. The zero-order valence-electron chi connectivity index (χ0n) is 13.5. The fraction of sp³-hybridized carbons (Fsp3) is 1.00. The predicted octanol–water partition coefficient (Wildman–Crippen LogP) is 3.79. The molecule has 2 aliphatic rings. The number of rotatable bonds is 3. The van der Waals surface area contributed by atoms with Crippen LogP contribution in [0.5, 0.6) is 0 Å². The summed E-state index contributed by atoms with van der Waals surface area (Å²) in [4.78, 5) is 2.69. The maximum atomic E-state index is 6.20. The third kappa shape index (κ3) is 3.33. The summed E-state index contributed by atoms with van der Waals surface area (Å²) in [6, 6.07) is 0.769. The normalized spacial score (nSPS) is 36.6. The van der Waals surface area contributed by atoms with E-state index in [0.717, 1.165) is 18.5 Å². The van der Waals surface area contributed by atoms with E-state index in [2.05, 4.69) is 32.7 Å². The molecule has 19 heavy (non-hydrogen) atoms. The third-order valence-corrected chi connectivity index (χ3v) is 6.19. The monoisotopic (exact) mass is 266 g/mol. The van der Waals surface area contributed by atoms with Crippen LogP contribution < -0.4 is 5.73 Å². The van der Waals surface area contributed by atoms with Crippen molar-refractivity contribution in [2.75, 3.05) is 13.6 Å².